The summed E-state index contributed by atoms with van der Waals surface area (Å²) in [7, 11) is 2.08. The van der Waals surface area contributed by atoms with Crippen LogP contribution in [0.25, 0.3) is 0 Å². The second kappa shape index (κ2) is 10.0. The van der Waals surface area contributed by atoms with Crippen LogP contribution in [0.4, 0.5) is 0 Å². The Morgan fingerprint density at radius 1 is 0.886 bits per heavy atom. The van der Waals surface area contributed by atoms with Gasteiger partial charge in [-0.3, -0.25) is 9.69 Å². The zero-order chi connectivity index (χ0) is 24.4. The Kier molecular flexibility index (Phi) is 6.69. The van der Waals surface area contributed by atoms with E-state index in [0.29, 0.717) is 0 Å². The number of piperidine rings is 2. The van der Waals surface area contributed by atoms with Gasteiger partial charge in [0.05, 0.1) is 5.92 Å². The molecule has 3 aromatic carbocycles. The Morgan fingerprint density at radius 3 is 1.97 bits per heavy atom. The smallest absolute Gasteiger partial charge is 0.326 e. The van der Waals surface area contributed by atoms with Crippen LogP contribution in [0.15, 0.2) is 91.0 Å². The number of carbonyl (C=O) groups excluding carboxylic acids is 1. The maximum absolute atomic E-state index is 14.2. The Bertz CT molecular complexity index is 1110. The van der Waals surface area contributed by atoms with Crippen molar-refractivity contribution < 1.29 is 14.7 Å². The van der Waals surface area contributed by atoms with Gasteiger partial charge in [0.25, 0.3) is 0 Å². The lowest BCUT2D eigenvalue weighted by atomic mass is 9.69. The predicted octanol–water partition coefficient (Wildman–Crippen LogP) is 4.78. The number of carbonyl (C=O) groups is 2. The normalized spacial score (nSPS) is 23.6. The number of rotatable bonds is 7. The van der Waals surface area contributed by atoms with E-state index >= 15 is 0 Å². The summed E-state index contributed by atoms with van der Waals surface area (Å²) in [5.74, 6) is -1.61. The van der Waals surface area contributed by atoms with Crippen LogP contribution in [0, 0.1) is 5.92 Å². The SMILES string of the molecule is CN(Cc1ccccc1)C1C[C@@H]2CC[C@H]1[C@H](C(=O)O)N2C(=O)C(c1ccccc1)c1ccccc1. The molecule has 1 saturated carbocycles. The highest BCUT2D eigenvalue weighted by molar-refractivity contribution is 5.91. The largest absolute Gasteiger partial charge is 0.480 e. The molecule has 2 bridgehead atoms. The third-order valence-corrected chi connectivity index (χ3v) is 7.80. The zero-order valence-electron chi connectivity index (χ0n) is 20.0. The van der Waals surface area contributed by atoms with Crippen LogP contribution in [0.5, 0.6) is 0 Å². The molecule has 1 aliphatic carbocycles. The summed E-state index contributed by atoms with van der Waals surface area (Å²) in [5, 5.41) is 10.4. The van der Waals surface area contributed by atoms with Crippen molar-refractivity contribution in [1.82, 2.24) is 9.80 Å². The van der Waals surface area contributed by atoms with Crippen LogP contribution in [0.1, 0.15) is 41.9 Å². The Balaban J connectivity index is 1.46. The molecule has 1 unspecified atom stereocenters. The van der Waals surface area contributed by atoms with Crippen LogP contribution in [-0.2, 0) is 16.1 Å². The molecule has 3 fully saturated rings. The fraction of sp³-hybridized carbons (Fsp3) is 0.333. The van der Waals surface area contributed by atoms with Crippen molar-refractivity contribution in [2.24, 2.45) is 5.92 Å². The summed E-state index contributed by atoms with van der Waals surface area (Å²) in [5.41, 5.74) is 3.00. The van der Waals surface area contributed by atoms with E-state index in [4.69, 9.17) is 0 Å². The van der Waals surface area contributed by atoms with E-state index in [2.05, 4.69) is 24.1 Å². The molecule has 1 amide bonds. The molecule has 5 nitrogen and oxygen atoms in total. The number of hydrogen-bond donors (Lipinski definition) is 1. The first-order valence-corrected chi connectivity index (χ1v) is 12.4. The van der Waals surface area contributed by atoms with Gasteiger partial charge in [-0.25, -0.2) is 4.79 Å². The number of amides is 1. The summed E-state index contributed by atoms with van der Waals surface area (Å²) >= 11 is 0. The summed E-state index contributed by atoms with van der Waals surface area (Å²) in [6.45, 7) is 0.770. The van der Waals surface area contributed by atoms with Gasteiger partial charge < -0.3 is 10.0 Å². The van der Waals surface area contributed by atoms with E-state index in [1.807, 2.05) is 78.9 Å². The fourth-order valence-electron chi connectivity index (χ4n) is 6.24. The third-order valence-electron chi connectivity index (χ3n) is 7.80. The summed E-state index contributed by atoms with van der Waals surface area (Å²) in [6, 6.07) is 29.0. The van der Waals surface area contributed by atoms with Gasteiger partial charge in [0.2, 0.25) is 5.91 Å². The van der Waals surface area contributed by atoms with Crippen molar-refractivity contribution >= 4 is 11.9 Å². The molecule has 1 N–H and O–H groups in total. The number of nitrogens with zero attached hydrogens (tertiary/aromatic N) is 2. The molecule has 2 aliphatic heterocycles. The average molecular weight is 469 g/mol. The highest BCUT2D eigenvalue weighted by Crippen LogP contribution is 2.44. The second-order valence-corrected chi connectivity index (χ2v) is 9.88. The molecule has 0 spiro atoms. The molecule has 2 saturated heterocycles. The molecule has 2 heterocycles. The number of benzene rings is 3. The van der Waals surface area contributed by atoms with Crippen LogP contribution in [0.3, 0.4) is 0 Å². The minimum atomic E-state index is -0.897. The number of carboxylic acids is 1. The number of aliphatic carboxylic acids is 1. The zero-order valence-corrected chi connectivity index (χ0v) is 20.0. The van der Waals surface area contributed by atoms with Crippen LogP contribution in [0.2, 0.25) is 0 Å². The quantitative estimate of drug-likeness (QED) is 0.542. The van der Waals surface area contributed by atoms with E-state index in [9.17, 15) is 14.7 Å². The lowest BCUT2D eigenvalue weighted by Gasteiger charge is -2.55. The van der Waals surface area contributed by atoms with Crippen LogP contribution >= 0.6 is 0 Å². The van der Waals surface area contributed by atoms with Crippen LogP contribution in [-0.4, -0.2) is 52.0 Å². The van der Waals surface area contributed by atoms with E-state index in [-0.39, 0.29) is 23.9 Å². The molecule has 180 valence electrons. The van der Waals surface area contributed by atoms with Crippen LogP contribution < -0.4 is 0 Å². The van der Waals surface area contributed by atoms with E-state index in [1.54, 1.807) is 4.90 Å². The molecular formula is C30H32N2O3. The van der Waals surface area contributed by atoms with Crippen molar-refractivity contribution in [3.63, 3.8) is 0 Å². The third kappa shape index (κ3) is 4.61. The van der Waals surface area contributed by atoms with E-state index in [1.165, 1.54) is 5.56 Å². The van der Waals surface area contributed by atoms with Crippen molar-refractivity contribution in [3.05, 3.63) is 108 Å². The van der Waals surface area contributed by atoms with Crippen molar-refractivity contribution in [3.8, 4) is 0 Å². The average Bonchev–Trinajstić information content (AvgIpc) is 2.90. The van der Waals surface area contributed by atoms with Gasteiger partial charge in [0, 0.05) is 24.5 Å². The van der Waals surface area contributed by atoms with Gasteiger partial charge in [0.1, 0.15) is 6.04 Å². The molecule has 3 aliphatic rings. The van der Waals surface area contributed by atoms with Gasteiger partial charge in [-0.15, -0.1) is 0 Å². The molecule has 5 heteroatoms. The first-order valence-electron chi connectivity index (χ1n) is 12.4. The Morgan fingerprint density at radius 2 is 1.43 bits per heavy atom. The highest BCUT2D eigenvalue weighted by Gasteiger charge is 2.54. The second-order valence-electron chi connectivity index (χ2n) is 9.88. The number of carboxylic acid groups (broad SMARTS) is 1. The standard InChI is InChI=1S/C30H32N2O3/c1-31(20-21-11-5-2-6-12-21)26-19-24-17-18-25(26)28(30(34)35)32(24)29(33)27(22-13-7-3-8-14-22)23-15-9-4-10-16-23/h2-16,24-28H,17-20H2,1H3,(H,34,35)/t24-,25+,26?,28+/m0/s1. The summed E-state index contributed by atoms with van der Waals surface area (Å²) < 4.78 is 0. The monoisotopic (exact) mass is 468 g/mol. The lowest BCUT2D eigenvalue weighted by molar-refractivity contribution is -0.168. The predicted molar refractivity (Wildman–Crippen MR) is 136 cm³/mol. The van der Waals surface area contributed by atoms with Gasteiger partial charge in [0.15, 0.2) is 0 Å². The van der Waals surface area contributed by atoms with Gasteiger partial charge in [-0.05, 0) is 43.0 Å². The maximum Gasteiger partial charge on any atom is 0.326 e. The molecule has 4 atom stereocenters. The molecule has 6 rings (SSSR count). The van der Waals surface area contributed by atoms with Crippen molar-refractivity contribution in [2.45, 2.75) is 49.9 Å². The summed E-state index contributed by atoms with van der Waals surface area (Å²) in [6.07, 6.45) is 2.49. The first-order chi connectivity index (χ1) is 17.0. The molecule has 0 aromatic heterocycles. The van der Waals surface area contributed by atoms with Crippen molar-refractivity contribution in [2.75, 3.05) is 7.05 Å². The van der Waals surface area contributed by atoms with Gasteiger partial charge >= 0.3 is 5.97 Å². The molecule has 0 radical (unpaired) electrons. The molecular weight excluding hydrogens is 436 g/mol. The number of hydrogen-bond acceptors (Lipinski definition) is 3. The highest BCUT2D eigenvalue weighted by atomic mass is 16.4. The number of fused-ring (bicyclic) bond motifs is 3. The maximum atomic E-state index is 14.2. The van der Waals surface area contributed by atoms with Crippen molar-refractivity contribution in [1.29, 1.82) is 0 Å². The minimum Gasteiger partial charge on any atom is -0.480 e. The Labute approximate surface area is 207 Å². The Hall–Kier alpha value is -3.44. The lowest BCUT2D eigenvalue weighted by Crippen LogP contribution is -2.67. The van der Waals surface area contributed by atoms with E-state index < -0.39 is 17.9 Å². The first kappa shape index (κ1) is 23.3. The van der Waals surface area contributed by atoms with Gasteiger partial charge in [-0.1, -0.05) is 91.0 Å². The molecule has 35 heavy (non-hydrogen) atoms. The molecule has 3 aromatic rings. The fourth-order valence-corrected chi connectivity index (χ4v) is 6.24. The van der Waals surface area contributed by atoms with Gasteiger partial charge in [-0.2, -0.15) is 0 Å². The van der Waals surface area contributed by atoms with E-state index in [0.717, 1.165) is 36.9 Å². The summed E-state index contributed by atoms with van der Waals surface area (Å²) in [4.78, 5) is 30.9. The topological polar surface area (TPSA) is 60.9 Å². The minimum absolute atomic E-state index is 0.0771.